The molecule has 0 aliphatic heterocycles. The van der Waals surface area contributed by atoms with E-state index in [-0.39, 0.29) is 5.78 Å². The molecule has 0 radical (unpaired) electrons. The molecule has 2 aromatic rings. The third kappa shape index (κ3) is 4.60. The van der Waals surface area contributed by atoms with Gasteiger partial charge in [-0.15, -0.1) is 0 Å². The van der Waals surface area contributed by atoms with Crippen LogP contribution in [0.25, 0.3) is 0 Å². The van der Waals surface area contributed by atoms with Crippen molar-refractivity contribution >= 4 is 11.8 Å². The maximum atomic E-state index is 12.9. The zero-order valence-corrected chi connectivity index (χ0v) is 16.3. The number of hydrogen-bond acceptors (Lipinski definition) is 3. The largest absolute Gasteiger partial charge is 0.454 e. The predicted molar refractivity (Wildman–Crippen MR) is 104 cm³/mol. The summed E-state index contributed by atoms with van der Waals surface area (Å²) >= 11 is 0. The van der Waals surface area contributed by atoms with Crippen LogP contribution in [0.1, 0.15) is 50.8 Å². The molecule has 138 valence electrons. The molecule has 2 rings (SSSR count). The molecule has 0 saturated carbocycles. The smallest absolute Gasteiger partial charge is 0.320 e. The van der Waals surface area contributed by atoms with Crippen LogP contribution in [0.2, 0.25) is 0 Å². The molecule has 1 unspecified atom stereocenters. The number of aryl methyl sites for hydroxylation is 2. The van der Waals surface area contributed by atoms with Crippen molar-refractivity contribution < 1.29 is 14.3 Å². The normalized spacial score (nSPS) is 13.7. The summed E-state index contributed by atoms with van der Waals surface area (Å²) in [6, 6.07) is 17.7. The van der Waals surface area contributed by atoms with Crippen LogP contribution in [0.3, 0.4) is 0 Å². The molecular formula is C23H28O3. The van der Waals surface area contributed by atoms with Gasteiger partial charge in [-0.3, -0.25) is 9.59 Å². The highest BCUT2D eigenvalue weighted by Crippen LogP contribution is 2.32. The lowest BCUT2D eigenvalue weighted by atomic mass is 9.80. The summed E-state index contributed by atoms with van der Waals surface area (Å²) in [4.78, 5) is 25.2. The summed E-state index contributed by atoms with van der Waals surface area (Å²) in [7, 11) is 0. The maximum Gasteiger partial charge on any atom is 0.320 e. The Bertz CT molecular complexity index is 760. The van der Waals surface area contributed by atoms with Crippen LogP contribution < -0.4 is 0 Å². The van der Waals surface area contributed by atoms with Crippen molar-refractivity contribution in [3.8, 4) is 0 Å². The Morgan fingerprint density at radius 1 is 0.923 bits per heavy atom. The van der Waals surface area contributed by atoms with Crippen molar-refractivity contribution in [2.75, 3.05) is 0 Å². The number of rotatable bonds is 7. The maximum absolute atomic E-state index is 12.9. The lowest BCUT2D eigenvalue weighted by Crippen LogP contribution is -2.41. The molecule has 0 bridgehead atoms. The zero-order valence-electron chi connectivity index (χ0n) is 16.3. The monoisotopic (exact) mass is 352 g/mol. The fourth-order valence-corrected chi connectivity index (χ4v) is 2.81. The molecule has 3 nitrogen and oxygen atoms in total. The molecule has 0 spiro atoms. The van der Waals surface area contributed by atoms with Gasteiger partial charge >= 0.3 is 5.97 Å². The molecule has 0 saturated heterocycles. The third-order valence-corrected chi connectivity index (χ3v) is 5.08. The van der Waals surface area contributed by atoms with Gasteiger partial charge in [0.25, 0.3) is 0 Å². The molecule has 0 aromatic heterocycles. The highest BCUT2D eigenvalue weighted by Gasteiger charge is 2.42. The second-order valence-electron chi connectivity index (χ2n) is 7.64. The number of ether oxygens (including phenoxy) is 1. The van der Waals surface area contributed by atoms with Gasteiger partial charge in [0.1, 0.15) is 16.8 Å². The summed E-state index contributed by atoms with van der Waals surface area (Å²) in [5, 5.41) is 0. The van der Waals surface area contributed by atoms with E-state index in [1.54, 1.807) is 6.92 Å². The minimum Gasteiger partial charge on any atom is -0.454 e. The Hall–Kier alpha value is -2.42. The van der Waals surface area contributed by atoms with Crippen molar-refractivity contribution in [3.63, 3.8) is 0 Å². The van der Waals surface area contributed by atoms with Crippen molar-refractivity contribution in [1.82, 2.24) is 0 Å². The molecule has 0 aliphatic rings. The standard InChI is InChI=1S/C23H28O3/c1-17-11-13-19(14-12-17)15-16-23(5,18(2)24)21(25)26-22(3,4)20-9-7-6-8-10-20/h6-14H,15-16H2,1-5H3. The van der Waals surface area contributed by atoms with Gasteiger partial charge in [-0.2, -0.15) is 0 Å². The first-order valence-corrected chi connectivity index (χ1v) is 9.01. The number of carbonyl (C=O) groups excluding carboxylic acids is 2. The summed E-state index contributed by atoms with van der Waals surface area (Å²) < 4.78 is 5.80. The van der Waals surface area contributed by atoms with E-state index in [2.05, 4.69) is 0 Å². The quantitative estimate of drug-likeness (QED) is 0.520. The number of hydrogen-bond donors (Lipinski definition) is 0. The van der Waals surface area contributed by atoms with Gasteiger partial charge in [-0.1, -0.05) is 60.2 Å². The summed E-state index contributed by atoms with van der Waals surface area (Å²) in [5.74, 6) is -0.635. The average Bonchev–Trinajstić information content (AvgIpc) is 2.61. The van der Waals surface area contributed by atoms with E-state index in [1.165, 1.54) is 12.5 Å². The van der Waals surface area contributed by atoms with Crippen LogP contribution in [0.5, 0.6) is 0 Å². The van der Waals surface area contributed by atoms with Crippen molar-refractivity contribution in [2.45, 2.75) is 53.1 Å². The van der Waals surface area contributed by atoms with Gasteiger partial charge in [0.15, 0.2) is 0 Å². The minimum absolute atomic E-state index is 0.168. The Morgan fingerprint density at radius 3 is 2.04 bits per heavy atom. The number of esters is 1. The van der Waals surface area contributed by atoms with Gasteiger partial charge < -0.3 is 4.74 Å². The third-order valence-electron chi connectivity index (χ3n) is 5.08. The van der Waals surface area contributed by atoms with Crippen LogP contribution in [0.15, 0.2) is 54.6 Å². The zero-order chi connectivity index (χ0) is 19.4. The summed E-state index contributed by atoms with van der Waals surface area (Å²) in [5.41, 5.74) is 1.25. The van der Waals surface area contributed by atoms with E-state index in [1.807, 2.05) is 75.4 Å². The van der Waals surface area contributed by atoms with Gasteiger partial charge in [0.05, 0.1) is 0 Å². The molecule has 0 heterocycles. The van der Waals surface area contributed by atoms with Gasteiger partial charge in [-0.05, 0) is 58.6 Å². The first-order valence-electron chi connectivity index (χ1n) is 9.01. The number of ketones is 1. The number of benzene rings is 2. The lowest BCUT2D eigenvalue weighted by Gasteiger charge is -2.32. The fraction of sp³-hybridized carbons (Fsp3) is 0.391. The first kappa shape index (κ1) is 19.9. The highest BCUT2D eigenvalue weighted by atomic mass is 16.6. The molecule has 0 aliphatic carbocycles. The van der Waals surface area contributed by atoms with Gasteiger partial charge in [0.2, 0.25) is 0 Å². The second-order valence-corrected chi connectivity index (χ2v) is 7.64. The number of Topliss-reactive ketones (excluding diaryl/α,β-unsaturated/α-hetero) is 1. The molecule has 0 amide bonds. The predicted octanol–water partition coefficient (Wildman–Crippen LogP) is 5.00. The SMILES string of the molecule is CC(=O)C(C)(CCc1ccc(C)cc1)C(=O)OC(C)(C)c1ccccc1. The molecule has 26 heavy (non-hydrogen) atoms. The fourth-order valence-electron chi connectivity index (χ4n) is 2.81. The topological polar surface area (TPSA) is 43.4 Å². The van der Waals surface area contributed by atoms with Crippen LogP contribution in [0.4, 0.5) is 0 Å². The van der Waals surface area contributed by atoms with Crippen molar-refractivity contribution in [1.29, 1.82) is 0 Å². The molecule has 0 N–H and O–H groups in total. The molecule has 0 fully saturated rings. The minimum atomic E-state index is -1.16. The number of carbonyl (C=O) groups is 2. The lowest BCUT2D eigenvalue weighted by molar-refractivity contribution is -0.171. The van der Waals surface area contributed by atoms with Crippen LogP contribution in [-0.2, 0) is 26.3 Å². The van der Waals surface area contributed by atoms with E-state index in [4.69, 9.17) is 4.74 Å². The van der Waals surface area contributed by atoms with Crippen molar-refractivity contribution in [2.24, 2.45) is 5.41 Å². The van der Waals surface area contributed by atoms with Crippen LogP contribution in [0, 0.1) is 12.3 Å². The Morgan fingerprint density at radius 2 is 1.50 bits per heavy atom. The molecule has 2 aromatic carbocycles. The van der Waals surface area contributed by atoms with Crippen LogP contribution >= 0.6 is 0 Å². The molecular weight excluding hydrogens is 324 g/mol. The first-order chi connectivity index (χ1) is 12.1. The Labute approximate surface area is 156 Å². The molecule has 1 atom stereocenters. The van der Waals surface area contributed by atoms with Crippen molar-refractivity contribution in [3.05, 3.63) is 71.3 Å². The van der Waals surface area contributed by atoms with E-state index < -0.39 is 17.0 Å². The second kappa shape index (κ2) is 7.86. The van der Waals surface area contributed by atoms with Gasteiger partial charge in [-0.25, -0.2) is 0 Å². The van der Waals surface area contributed by atoms with E-state index in [0.717, 1.165) is 11.1 Å². The van der Waals surface area contributed by atoms with E-state index in [9.17, 15) is 9.59 Å². The Balaban J connectivity index is 2.15. The average molecular weight is 352 g/mol. The summed E-state index contributed by atoms with van der Waals surface area (Å²) in [6.45, 7) is 8.88. The highest BCUT2D eigenvalue weighted by molar-refractivity contribution is 6.02. The molecule has 3 heteroatoms. The van der Waals surface area contributed by atoms with E-state index >= 15 is 0 Å². The van der Waals surface area contributed by atoms with Gasteiger partial charge in [0, 0.05) is 0 Å². The van der Waals surface area contributed by atoms with E-state index in [0.29, 0.717) is 12.8 Å². The Kier molecular flexibility index (Phi) is 6.01. The van der Waals surface area contributed by atoms with Crippen LogP contribution in [-0.4, -0.2) is 11.8 Å². The summed E-state index contributed by atoms with van der Waals surface area (Å²) in [6.07, 6.45) is 1.08.